The third kappa shape index (κ3) is 3.27. The number of pyridine rings is 1. The van der Waals surface area contributed by atoms with Gasteiger partial charge < -0.3 is 14.3 Å². The molecule has 0 aliphatic carbocycles. The number of hydrogen-bond acceptors (Lipinski definition) is 3. The van der Waals surface area contributed by atoms with E-state index in [2.05, 4.69) is 6.58 Å². The molecule has 0 fully saturated rings. The highest BCUT2D eigenvalue weighted by Gasteiger charge is 2.18. The summed E-state index contributed by atoms with van der Waals surface area (Å²) in [4.78, 5) is 11.1. The lowest BCUT2D eigenvalue weighted by molar-refractivity contribution is 0.0802. The topological polar surface area (TPSA) is 51.5 Å². The summed E-state index contributed by atoms with van der Waals surface area (Å²) in [6.45, 7) is 6.85. The first-order chi connectivity index (χ1) is 7.30. The molecule has 1 aromatic heterocycles. The highest BCUT2D eigenvalue weighted by atomic mass is 16.5. The summed E-state index contributed by atoms with van der Waals surface area (Å²) >= 11 is 0. The quantitative estimate of drug-likeness (QED) is 0.559. The van der Waals surface area contributed by atoms with Gasteiger partial charge in [0, 0.05) is 19.3 Å². The Morgan fingerprint density at radius 2 is 2.19 bits per heavy atom. The number of nitrogens with zero attached hydrogens (tertiary/aromatic N) is 1. The van der Waals surface area contributed by atoms with Crippen LogP contribution in [0.25, 0.3) is 0 Å². The van der Waals surface area contributed by atoms with E-state index in [9.17, 15) is 9.90 Å². The fraction of sp³-hybridized carbons (Fsp3) is 0.364. The Kier molecular flexibility index (Phi) is 3.60. The minimum Gasteiger partial charge on any atom is -0.560 e. The van der Waals surface area contributed by atoms with Gasteiger partial charge >= 0.3 is 7.48 Å². The van der Waals surface area contributed by atoms with Crippen LogP contribution in [0.4, 0.5) is 0 Å². The maximum atomic E-state index is 11.1. The Morgan fingerprint density at radius 3 is 2.69 bits per heavy atom. The van der Waals surface area contributed by atoms with Crippen molar-refractivity contribution in [1.29, 1.82) is 0 Å². The molecule has 0 atom stereocenters. The number of aromatic nitrogens is 1. The van der Waals surface area contributed by atoms with E-state index in [0.717, 1.165) is 5.46 Å². The lowest BCUT2D eigenvalue weighted by atomic mass is 9.89. The van der Waals surface area contributed by atoms with E-state index in [1.54, 1.807) is 33.2 Å². The van der Waals surface area contributed by atoms with E-state index < -0.39 is 5.60 Å². The van der Waals surface area contributed by atoms with E-state index in [1.165, 1.54) is 10.6 Å². The second-order valence-corrected chi connectivity index (χ2v) is 4.26. The molecule has 16 heavy (non-hydrogen) atoms. The lowest BCUT2D eigenvalue weighted by Crippen LogP contribution is -2.30. The molecule has 0 aliphatic rings. The molecule has 0 unspecified atom stereocenters. The Hall–Kier alpha value is -1.49. The van der Waals surface area contributed by atoms with Crippen molar-refractivity contribution in [1.82, 2.24) is 4.57 Å². The van der Waals surface area contributed by atoms with Crippen LogP contribution in [0.15, 0.2) is 35.5 Å². The summed E-state index contributed by atoms with van der Waals surface area (Å²) in [5, 5.41) is 9.58. The Morgan fingerprint density at radius 1 is 1.56 bits per heavy atom. The lowest BCUT2D eigenvalue weighted by Gasteiger charge is -2.21. The first kappa shape index (κ1) is 12.6. The van der Waals surface area contributed by atoms with Gasteiger partial charge in [-0.25, -0.2) is 0 Å². The molecule has 0 aliphatic heterocycles. The number of aryl methyl sites for hydroxylation is 1. The van der Waals surface area contributed by atoms with Crippen LogP contribution in [0.5, 0.6) is 0 Å². The van der Waals surface area contributed by atoms with Gasteiger partial charge in [-0.15, -0.1) is 0 Å². The van der Waals surface area contributed by atoms with Crippen LogP contribution in [0.2, 0.25) is 0 Å². The van der Waals surface area contributed by atoms with Crippen LogP contribution in [-0.4, -0.2) is 22.8 Å². The predicted molar refractivity (Wildman–Crippen MR) is 65.0 cm³/mol. The van der Waals surface area contributed by atoms with Gasteiger partial charge in [-0.2, -0.15) is 0 Å². The van der Waals surface area contributed by atoms with Gasteiger partial charge in [-0.3, -0.25) is 4.79 Å². The zero-order valence-corrected chi connectivity index (χ0v) is 9.86. The van der Waals surface area contributed by atoms with E-state index >= 15 is 0 Å². The molecule has 0 bridgehead atoms. The first-order valence-electron chi connectivity index (χ1n) is 5.01. The third-order valence-electron chi connectivity index (χ3n) is 2.24. The molecule has 1 rings (SSSR count). The fourth-order valence-corrected chi connectivity index (χ4v) is 1.08. The zero-order valence-electron chi connectivity index (χ0n) is 9.86. The number of rotatable bonds is 4. The van der Waals surface area contributed by atoms with Crippen LogP contribution in [0.1, 0.15) is 13.8 Å². The van der Waals surface area contributed by atoms with Crippen LogP contribution >= 0.6 is 0 Å². The van der Waals surface area contributed by atoms with Crippen molar-refractivity contribution in [3.05, 3.63) is 41.0 Å². The molecule has 4 nitrogen and oxygen atoms in total. The number of hydrogen-bond donors (Lipinski definition) is 1. The second kappa shape index (κ2) is 4.57. The van der Waals surface area contributed by atoms with E-state index in [4.69, 9.17) is 4.65 Å². The Bertz CT molecular complexity index is 445. The van der Waals surface area contributed by atoms with Gasteiger partial charge in [0.15, 0.2) is 0 Å². The summed E-state index contributed by atoms with van der Waals surface area (Å²) in [5.41, 5.74) is -0.265. The zero-order chi connectivity index (χ0) is 12.3. The smallest absolute Gasteiger partial charge is 0.375 e. The van der Waals surface area contributed by atoms with Crippen LogP contribution in [-0.2, 0) is 11.7 Å². The van der Waals surface area contributed by atoms with Gasteiger partial charge in [0.2, 0.25) is 5.56 Å². The summed E-state index contributed by atoms with van der Waals surface area (Å²) in [5.74, 6) is 0.307. The van der Waals surface area contributed by atoms with Crippen LogP contribution in [0.3, 0.4) is 0 Å². The maximum Gasteiger partial charge on any atom is 0.375 e. The summed E-state index contributed by atoms with van der Waals surface area (Å²) < 4.78 is 6.81. The SMILES string of the molecule is C=C(OBc1ccc(=O)n(C)c1)C(C)(C)O. The average Bonchev–Trinajstić information content (AvgIpc) is 2.18. The highest BCUT2D eigenvalue weighted by Crippen LogP contribution is 2.13. The fourth-order valence-electron chi connectivity index (χ4n) is 1.08. The molecule has 1 heterocycles. The molecule has 0 saturated carbocycles. The maximum absolute atomic E-state index is 11.1. The van der Waals surface area contributed by atoms with E-state index in [0.29, 0.717) is 5.76 Å². The minimum absolute atomic E-state index is 0.0648. The number of aliphatic hydroxyl groups is 1. The van der Waals surface area contributed by atoms with Crippen molar-refractivity contribution in [2.24, 2.45) is 7.05 Å². The van der Waals surface area contributed by atoms with Gasteiger partial charge in [0.05, 0.1) is 5.76 Å². The Balaban J connectivity index is 2.66. The van der Waals surface area contributed by atoms with Gasteiger partial charge in [0.25, 0.3) is 0 Å². The standard InChI is InChI=1S/C11H16BNO3/c1-8(11(2,3)15)16-12-9-5-6-10(14)13(4)7-9/h5-7,12,15H,1H2,2-4H3. The summed E-state index contributed by atoms with van der Waals surface area (Å²) in [6.07, 6.45) is 1.69. The monoisotopic (exact) mass is 221 g/mol. The highest BCUT2D eigenvalue weighted by molar-refractivity contribution is 6.47. The predicted octanol–water partition coefficient (Wildman–Crippen LogP) is -0.337. The van der Waals surface area contributed by atoms with Crippen molar-refractivity contribution in [2.75, 3.05) is 0 Å². The third-order valence-corrected chi connectivity index (χ3v) is 2.24. The largest absolute Gasteiger partial charge is 0.560 e. The van der Waals surface area contributed by atoms with Crippen molar-refractivity contribution < 1.29 is 9.76 Å². The molecule has 5 heteroatoms. The Labute approximate surface area is 95.5 Å². The molecule has 0 radical (unpaired) electrons. The van der Waals surface area contributed by atoms with E-state index in [-0.39, 0.29) is 13.0 Å². The van der Waals surface area contributed by atoms with E-state index in [1.807, 2.05) is 0 Å². The summed E-state index contributed by atoms with van der Waals surface area (Å²) in [7, 11) is 1.97. The second-order valence-electron chi connectivity index (χ2n) is 4.26. The molecule has 0 amide bonds. The van der Waals surface area contributed by atoms with Crippen molar-refractivity contribution in [3.8, 4) is 0 Å². The molecule has 0 aromatic carbocycles. The van der Waals surface area contributed by atoms with Gasteiger partial charge in [-0.1, -0.05) is 12.6 Å². The van der Waals surface area contributed by atoms with Crippen LogP contribution < -0.4 is 11.0 Å². The van der Waals surface area contributed by atoms with Crippen molar-refractivity contribution >= 4 is 12.9 Å². The van der Waals surface area contributed by atoms with Gasteiger partial charge in [0.1, 0.15) is 5.60 Å². The molecule has 0 saturated heterocycles. The molecular weight excluding hydrogens is 205 g/mol. The molecule has 1 N–H and O–H groups in total. The molecule has 86 valence electrons. The molecule has 1 aromatic rings. The van der Waals surface area contributed by atoms with Crippen LogP contribution in [0, 0.1) is 0 Å². The van der Waals surface area contributed by atoms with Gasteiger partial charge in [-0.05, 0) is 19.3 Å². The normalized spacial score (nSPS) is 11.0. The first-order valence-corrected chi connectivity index (χ1v) is 5.01. The molecule has 0 spiro atoms. The summed E-state index contributed by atoms with van der Waals surface area (Å²) in [6, 6.07) is 3.17. The minimum atomic E-state index is -1.05. The van der Waals surface area contributed by atoms with Crippen molar-refractivity contribution in [2.45, 2.75) is 19.4 Å². The molecular formula is C11H16BNO3. The average molecular weight is 221 g/mol. The van der Waals surface area contributed by atoms with Crippen molar-refractivity contribution in [3.63, 3.8) is 0 Å².